The van der Waals surface area contributed by atoms with E-state index < -0.39 is 11.7 Å². The molecule has 0 aliphatic rings. The lowest BCUT2D eigenvalue weighted by molar-refractivity contribution is -0.0498. The largest absolute Gasteiger partial charge is 0.387 e. The molecule has 3 heteroatoms. The Morgan fingerprint density at radius 2 is 1.93 bits per heavy atom. The van der Waals surface area contributed by atoms with E-state index >= 15 is 0 Å². The molecule has 0 fully saturated rings. The number of hydrogen-bond acceptors (Lipinski definition) is 2. The van der Waals surface area contributed by atoms with E-state index in [4.69, 9.17) is 0 Å². The summed E-state index contributed by atoms with van der Waals surface area (Å²) in [4.78, 5) is 0. The van der Waals surface area contributed by atoms with Crippen LogP contribution >= 0.6 is 0 Å². The maximum atomic E-state index is 13.1. The van der Waals surface area contributed by atoms with Crippen LogP contribution in [0.25, 0.3) is 0 Å². The fraction of sp³-hybridized carbons (Fsp3) is 0.455. The predicted octanol–water partition coefficient (Wildman–Crippen LogP) is 1.94. The molecule has 78 valence electrons. The van der Waals surface area contributed by atoms with Crippen LogP contribution in [0.1, 0.15) is 31.1 Å². The van der Waals surface area contributed by atoms with Crippen molar-refractivity contribution in [2.45, 2.75) is 32.5 Å². The van der Waals surface area contributed by atoms with E-state index in [9.17, 15) is 14.6 Å². The first-order chi connectivity index (χ1) is 6.32. The molecule has 1 unspecified atom stereocenters. The number of benzene rings is 1. The normalized spacial score (nSPS) is 14.1. The molecule has 1 rings (SSSR count). The second-order valence-electron chi connectivity index (χ2n) is 4.06. The summed E-state index contributed by atoms with van der Waals surface area (Å²) in [7, 11) is 0. The van der Waals surface area contributed by atoms with Gasteiger partial charge in [0.05, 0.1) is 5.60 Å². The third-order valence-corrected chi connectivity index (χ3v) is 2.18. The van der Waals surface area contributed by atoms with Gasteiger partial charge in [0, 0.05) is 0 Å². The molecule has 1 aromatic rings. The van der Waals surface area contributed by atoms with Crippen molar-refractivity contribution in [2.24, 2.45) is 0 Å². The summed E-state index contributed by atoms with van der Waals surface area (Å²) >= 11 is 0. The highest BCUT2D eigenvalue weighted by Crippen LogP contribution is 2.26. The highest BCUT2D eigenvalue weighted by Gasteiger charge is 2.26. The molecule has 0 aliphatic carbocycles. The van der Waals surface area contributed by atoms with Crippen LogP contribution in [-0.4, -0.2) is 15.8 Å². The minimum absolute atomic E-state index is 0.370. The zero-order chi connectivity index (χ0) is 10.9. The van der Waals surface area contributed by atoms with Gasteiger partial charge in [-0.25, -0.2) is 4.39 Å². The Hall–Kier alpha value is -0.930. The third-order valence-electron chi connectivity index (χ3n) is 2.18. The fourth-order valence-corrected chi connectivity index (χ4v) is 1.19. The van der Waals surface area contributed by atoms with Gasteiger partial charge in [0.15, 0.2) is 0 Å². The molecule has 0 heterocycles. The van der Waals surface area contributed by atoms with E-state index in [1.807, 2.05) is 0 Å². The van der Waals surface area contributed by atoms with Gasteiger partial charge in [0.1, 0.15) is 11.9 Å². The van der Waals surface area contributed by atoms with E-state index in [1.165, 1.54) is 19.9 Å². The first kappa shape index (κ1) is 11.1. The third kappa shape index (κ3) is 2.30. The monoisotopic (exact) mass is 198 g/mol. The molecule has 0 aliphatic heterocycles. The van der Waals surface area contributed by atoms with Crippen molar-refractivity contribution >= 4 is 0 Å². The Morgan fingerprint density at radius 1 is 1.36 bits per heavy atom. The number of aryl methyl sites for hydroxylation is 1. The van der Waals surface area contributed by atoms with Gasteiger partial charge in [-0.15, -0.1) is 0 Å². The maximum absolute atomic E-state index is 13.1. The molecule has 0 bridgehead atoms. The molecule has 0 saturated carbocycles. The second kappa shape index (κ2) is 3.67. The van der Waals surface area contributed by atoms with Crippen molar-refractivity contribution in [3.8, 4) is 0 Å². The smallest absolute Gasteiger partial charge is 0.126 e. The highest BCUT2D eigenvalue weighted by molar-refractivity contribution is 5.26. The van der Waals surface area contributed by atoms with Crippen LogP contribution in [0.2, 0.25) is 0 Å². The Bertz CT molecular complexity index is 329. The quantitative estimate of drug-likeness (QED) is 0.762. The first-order valence-corrected chi connectivity index (χ1v) is 4.49. The molecule has 0 amide bonds. The Morgan fingerprint density at radius 3 is 2.36 bits per heavy atom. The molecular weight excluding hydrogens is 183 g/mol. The summed E-state index contributed by atoms with van der Waals surface area (Å²) in [5, 5.41) is 19.2. The van der Waals surface area contributed by atoms with Gasteiger partial charge in [0.2, 0.25) is 0 Å². The standard InChI is InChI=1S/C11H15FO2/c1-7-4-5-8(6-9(7)12)10(13)11(2,3)14/h4-6,10,13-14H,1-3H3. The molecule has 2 nitrogen and oxygen atoms in total. The molecule has 0 saturated heterocycles. The Balaban J connectivity index is 3.03. The number of aliphatic hydroxyl groups is 2. The van der Waals surface area contributed by atoms with Gasteiger partial charge in [0.25, 0.3) is 0 Å². The molecule has 14 heavy (non-hydrogen) atoms. The number of rotatable bonds is 2. The summed E-state index contributed by atoms with van der Waals surface area (Å²) in [5.41, 5.74) is -0.348. The minimum atomic E-state index is -1.26. The molecule has 2 N–H and O–H groups in total. The van der Waals surface area contributed by atoms with Crippen molar-refractivity contribution in [3.63, 3.8) is 0 Å². The average molecular weight is 198 g/mol. The zero-order valence-corrected chi connectivity index (χ0v) is 8.58. The van der Waals surface area contributed by atoms with Crippen LogP contribution in [-0.2, 0) is 0 Å². The average Bonchev–Trinajstić information content (AvgIpc) is 2.07. The first-order valence-electron chi connectivity index (χ1n) is 4.49. The Labute approximate surface area is 83.0 Å². The lowest BCUT2D eigenvalue weighted by Crippen LogP contribution is -2.28. The zero-order valence-electron chi connectivity index (χ0n) is 8.58. The number of aliphatic hydroxyl groups excluding tert-OH is 1. The van der Waals surface area contributed by atoms with Crippen LogP contribution in [0.3, 0.4) is 0 Å². The lowest BCUT2D eigenvalue weighted by Gasteiger charge is -2.24. The van der Waals surface area contributed by atoms with Gasteiger partial charge in [-0.05, 0) is 38.0 Å². The van der Waals surface area contributed by atoms with E-state index in [0.29, 0.717) is 11.1 Å². The molecule has 1 aromatic carbocycles. The van der Waals surface area contributed by atoms with Crippen LogP contribution in [0, 0.1) is 12.7 Å². The van der Waals surface area contributed by atoms with Gasteiger partial charge < -0.3 is 10.2 Å². The van der Waals surface area contributed by atoms with Crippen molar-refractivity contribution in [3.05, 3.63) is 35.1 Å². The SMILES string of the molecule is Cc1ccc(C(O)C(C)(C)O)cc1F. The van der Waals surface area contributed by atoms with Gasteiger partial charge in [-0.1, -0.05) is 12.1 Å². The van der Waals surface area contributed by atoms with Crippen LogP contribution in [0.4, 0.5) is 4.39 Å². The summed E-state index contributed by atoms with van der Waals surface area (Å²) in [6.45, 7) is 4.61. The summed E-state index contributed by atoms with van der Waals surface area (Å²) in [6, 6.07) is 4.44. The molecular formula is C11H15FO2. The summed E-state index contributed by atoms with van der Waals surface area (Å²) in [5.74, 6) is -0.370. The summed E-state index contributed by atoms with van der Waals surface area (Å²) in [6.07, 6.45) is -1.07. The van der Waals surface area contributed by atoms with E-state index in [1.54, 1.807) is 19.1 Å². The maximum Gasteiger partial charge on any atom is 0.126 e. The second-order valence-corrected chi connectivity index (χ2v) is 4.06. The number of hydrogen-bond donors (Lipinski definition) is 2. The van der Waals surface area contributed by atoms with E-state index in [0.717, 1.165) is 0 Å². The van der Waals surface area contributed by atoms with Crippen molar-refractivity contribution < 1.29 is 14.6 Å². The molecule has 0 aromatic heterocycles. The molecule has 1 atom stereocenters. The molecule has 0 radical (unpaired) electrons. The van der Waals surface area contributed by atoms with Crippen LogP contribution < -0.4 is 0 Å². The molecule has 0 spiro atoms. The van der Waals surface area contributed by atoms with Crippen LogP contribution in [0.5, 0.6) is 0 Å². The summed E-state index contributed by atoms with van der Waals surface area (Å²) < 4.78 is 13.1. The van der Waals surface area contributed by atoms with Gasteiger partial charge >= 0.3 is 0 Å². The highest BCUT2D eigenvalue weighted by atomic mass is 19.1. The van der Waals surface area contributed by atoms with Gasteiger partial charge in [-0.3, -0.25) is 0 Å². The van der Waals surface area contributed by atoms with Gasteiger partial charge in [-0.2, -0.15) is 0 Å². The predicted molar refractivity (Wildman–Crippen MR) is 52.4 cm³/mol. The van der Waals surface area contributed by atoms with Crippen molar-refractivity contribution in [1.29, 1.82) is 0 Å². The number of halogens is 1. The van der Waals surface area contributed by atoms with Crippen LogP contribution in [0.15, 0.2) is 18.2 Å². The van der Waals surface area contributed by atoms with Crippen molar-refractivity contribution in [2.75, 3.05) is 0 Å². The van der Waals surface area contributed by atoms with E-state index in [2.05, 4.69) is 0 Å². The Kier molecular flexibility index (Phi) is 2.92. The van der Waals surface area contributed by atoms with Crippen molar-refractivity contribution in [1.82, 2.24) is 0 Å². The lowest BCUT2D eigenvalue weighted by atomic mass is 9.94. The topological polar surface area (TPSA) is 40.5 Å². The fourth-order valence-electron chi connectivity index (χ4n) is 1.19. The van der Waals surface area contributed by atoms with E-state index in [-0.39, 0.29) is 5.82 Å². The minimum Gasteiger partial charge on any atom is -0.387 e.